The van der Waals surface area contributed by atoms with Crippen LogP contribution in [0.3, 0.4) is 0 Å². The predicted molar refractivity (Wildman–Crippen MR) is 82.0 cm³/mol. The molecule has 0 aliphatic heterocycles. The van der Waals surface area contributed by atoms with Crippen LogP contribution >= 0.6 is 11.8 Å². The number of aryl methyl sites for hydroxylation is 1. The molecule has 0 fully saturated rings. The van der Waals surface area contributed by atoms with Crippen LogP contribution in [-0.4, -0.2) is 20.5 Å². The third-order valence-corrected chi connectivity index (χ3v) is 4.34. The lowest BCUT2D eigenvalue weighted by Crippen LogP contribution is -2.17. The Labute approximate surface area is 122 Å². The fraction of sp³-hybridized carbons (Fsp3) is 0.429. The van der Waals surface area contributed by atoms with Crippen LogP contribution in [0.25, 0.3) is 0 Å². The van der Waals surface area contributed by atoms with Gasteiger partial charge in [0.1, 0.15) is 0 Å². The molecule has 0 spiro atoms. The molecular formula is C14H20N4OS. The summed E-state index contributed by atoms with van der Waals surface area (Å²) in [5.41, 5.74) is 8.43. The Bertz CT molecular complexity index is 602. The molecule has 0 saturated heterocycles. The first kappa shape index (κ1) is 14.9. The van der Waals surface area contributed by atoms with Crippen molar-refractivity contribution in [3.63, 3.8) is 0 Å². The van der Waals surface area contributed by atoms with E-state index in [1.165, 1.54) is 17.3 Å². The first-order valence-corrected chi connectivity index (χ1v) is 7.76. The van der Waals surface area contributed by atoms with Gasteiger partial charge < -0.3 is 5.73 Å². The van der Waals surface area contributed by atoms with E-state index in [0.29, 0.717) is 17.5 Å². The number of H-pyrrole nitrogens is 1. The van der Waals surface area contributed by atoms with Crippen LogP contribution in [0, 0.1) is 0 Å². The summed E-state index contributed by atoms with van der Waals surface area (Å²) in [6.45, 7) is 4.66. The molecule has 0 saturated carbocycles. The Kier molecular flexibility index (Phi) is 5.03. The van der Waals surface area contributed by atoms with Crippen LogP contribution in [0.5, 0.6) is 0 Å². The quantitative estimate of drug-likeness (QED) is 0.798. The van der Waals surface area contributed by atoms with E-state index < -0.39 is 0 Å². The van der Waals surface area contributed by atoms with E-state index in [4.69, 9.17) is 5.73 Å². The maximum absolute atomic E-state index is 11.5. The van der Waals surface area contributed by atoms with Crippen molar-refractivity contribution in [2.24, 2.45) is 5.73 Å². The number of nitrogens with one attached hydrogen (secondary N) is 1. The van der Waals surface area contributed by atoms with Gasteiger partial charge in [-0.05, 0) is 24.5 Å². The molecule has 3 N–H and O–H groups in total. The second kappa shape index (κ2) is 6.76. The van der Waals surface area contributed by atoms with Crippen molar-refractivity contribution in [2.45, 2.75) is 38.0 Å². The average molecular weight is 292 g/mol. The maximum Gasteiger partial charge on any atom is 0.343 e. The van der Waals surface area contributed by atoms with Gasteiger partial charge in [0.25, 0.3) is 0 Å². The minimum Gasteiger partial charge on any atom is -0.323 e. The Morgan fingerprint density at radius 3 is 2.65 bits per heavy atom. The maximum atomic E-state index is 11.5. The van der Waals surface area contributed by atoms with Gasteiger partial charge in [0.2, 0.25) is 0 Å². The highest BCUT2D eigenvalue weighted by Crippen LogP contribution is 2.21. The summed E-state index contributed by atoms with van der Waals surface area (Å²) in [6.07, 6.45) is 1.03. The third kappa shape index (κ3) is 3.32. The summed E-state index contributed by atoms with van der Waals surface area (Å²) in [5, 5.41) is 7.17. The molecule has 1 aromatic carbocycles. The Morgan fingerprint density at radius 1 is 1.35 bits per heavy atom. The zero-order chi connectivity index (χ0) is 14.5. The molecule has 2 aromatic rings. The second-order valence-corrected chi connectivity index (χ2v) is 5.56. The first-order chi connectivity index (χ1) is 9.65. The molecule has 2 rings (SSSR count). The smallest absolute Gasteiger partial charge is 0.323 e. The van der Waals surface area contributed by atoms with E-state index in [2.05, 4.69) is 41.4 Å². The van der Waals surface area contributed by atoms with E-state index in [-0.39, 0.29) is 11.7 Å². The van der Waals surface area contributed by atoms with Crippen LogP contribution in [0.1, 0.15) is 31.0 Å². The van der Waals surface area contributed by atoms with Crippen LogP contribution in [0.15, 0.2) is 34.2 Å². The van der Waals surface area contributed by atoms with Crippen LogP contribution in [0.4, 0.5) is 0 Å². The molecule has 1 unspecified atom stereocenters. The van der Waals surface area contributed by atoms with Gasteiger partial charge in [0, 0.05) is 18.3 Å². The molecule has 0 amide bonds. The predicted octanol–water partition coefficient (Wildman–Crippen LogP) is 1.95. The zero-order valence-electron chi connectivity index (χ0n) is 11.8. The van der Waals surface area contributed by atoms with E-state index in [1.807, 2.05) is 6.92 Å². The van der Waals surface area contributed by atoms with E-state index in [0.717, 1.165) is 12.0 Å². The monoisotopic (exact) mass is 292 g/mol. The standard InChI is InChI=1S/C14H20N4OS/c1-3-10-5-7-11(8-6-10)12(15)9-20-14-17-16-13(19)18(14)4-2/h5-8,12H,3-4,9,15H2,1-2H3,(H,16,19). The molecule has 108 valence electrons. The molecule has 0 aliphatic carbocycles. The van der Waals surface area contributed by atoms with Gasteiger partial charge in [-0.2, -0.15) is 0 Å². The Hall–Kier alpha value is -1.53. The lowest BCUT2D eigenvalue weighted by atomic mass is 10.1. The van der Waals surface area contributed by atoms with E-state index >= 15 is 0 Å². The van der Waals surface area contributed by atoms with Gasteiger partial charge in [-0.3, -0.25) is 4.57 Å². The van der Waals surface area contributed by atoms with Gasteiger partial charge in [0.05, 0.1) is 0 Å². The molecule has 0 radical (unpaired) electrons. The SMILES string of the molecule is CCc1ccc(C(N)CSc2n[nH]c(=O)n2CC)cc1. The number of rotatable bonds is 6. The highest BCUT2D eigenvalue weighted by molar-refractivity contribution is 7.99. The van der Waals surface area contributed by atoms with Gasteiger partial charge in [0.15, 0.2) is 5.16 Å². The lowest BCUT2D eigenvalue weighted by molar-refractivity contribution is 0.659. The van der Waals surface area contributed by atoms with Crippen molar-refractivity contribution in [1.82, 2.24) is 14.8 Å². The number of thioether (sulfide) groups is 1. The van der Waals surface area contributed by atoms with Gasteiger partial charge >= 0.3 is 5.69 Å². The van der Waals surface area contributed by atoms with Crippen LogP contribution in [-0.2, 0) is 13.0 Å². The summed E-state index contributed by atoms with van der Waals surface area (Å²) < 4.78 is 1.61. The lowest BCUT2D eigenvalue weighted by Gasteiger charge is -2.12. The highest BCUT2D eigenvalue weighted by atomic mass is 32.2. The van der Waals surface area contributed by atoms with Crippen molar-refractivity contribution in [3.05, 3.63) is 45.9 Å². The number of hydrogen-bond donors (Lipinski definition) is 2. The second-order valence-electron chi connectivity index (χ2n) is 4.57. The number of nitrogens with two attached hydrogens (primary N) is 1. The third-order valence-electron chi connectivity index (χ3n) is 3.25. The van der Waals surface area contributed by atoms with Crippen LogP contribution in [0.2, 0.25) is 0 Å². The number of aromatic nitrogens is 3. The molecule has 5 nitrogen and oxygen atoms in total. The minimum atomic E-state index is -0.170. The van der Waals surface area contributed by atoms with Gasteiger partial charge in [-0.25, -0.2) is 9.89 Å². The first-order valence-electron chi connectivity index (χ1n) is 6.78. The summed E-state index contributed by atoms with van der Waals surface area (Å²) in [5.74, 6) is 0.690. The number of hydrogen-bond acceptors (Lipinski definition) is 4. The van der Waals surface area contributed by atoms with Crippen molar-refractivity contribution >= 4 is 11.8 Å². The van der Waals surface area contributed by atoms with Crippen molar-refractivity contribution in [3.8, 4) is 0 Å². The zero-order valence-corrected chi connectivity index (χ0v) is 12.6. The largest absolute Gasteiger partial charge is 0.343 e. The topological polar surface area (TPSA) is 76.7 Å². The molecule has 1 atom stereocenters. The molecular weight excluding hydrogens is 272 g/mol. The average Bonchev–Trinajstić information content (AvgIpc) is 2.85. The number of benzene rings is 1. The summed E-state index contributed by atoms with van der Waals surface area (Å²) in [7, 11) is 0. The Morgan fingerprint density at radius 2 is 2.05 bits per heavy atom. The van der Waals surface area contributed by atoms with Crippen LogP contribution < -0.4 is 11.4 Å². The Balaban J connectivity index is 2.00. The van der Waals surface area contributed by atoms with Gasteiger partial charge in [-0.15, -0.1) is 5.10 Å². The summed E-state index contributed by atoms with van der Waals surface area (Å²) >= 11 is 1.50. The van der Waals surface area contributed by atoms with E-state index in [9.17, 15) is 4.79 Å². The molecule has 20 heavy (non-hydrogen) atoms. The normalized spacial score (nSPS) is 12.6. The van der Waals surface area contributed by atoms with E-state index in [1.54, 1.807) is 4.57 Å². The highest BCUT2D eigenvalue weighted by Gasteiger charge is 2.11. The fourth-order valence-corrected chi connectivity index (χ4v) is 2.95. The molecule has 1 heterocycles. The van der Waals surface area contributed by atoms with Crippen molar-refractivity contribution in [1.29, 1.82) is 0 Å². The fourth-order valence-electron chi connectivity index (χ4n) is 1.95. The molecule has 6 heteroatoms. The summed E-state index contributed by atoms with van der Waals surface area (Å²) in [6, 6.07) is 8.29. The molecule has 0 bridgehead atoms. The van der Waals surface area contributed by atoms with Crippen molar-refractivity contribution < 1.29 is 0 Å². The number of nitrogens with zero attached hydrogens (tertiary/aromatic N) is 2. The minimum absolute atomic E-state index is 0.0667. The van der Waals surface area contributed by atoms with Crippen molar-refractivity contribution in [2.75, 3.05) is 5.75 Å². The summed E-state index contributed by atoms with van der Waals surface area (Å²) in [4.78, 5) is 11.5. The van der Waals surface area contributed by atoms with Gasteiger partial charge in [-0.1, -0.05) is 43.0 Å². The number of aromatic amines is 1. The molecule has 1 aromatic heterocycles. The molecule has 0 aliphatic rings.